The Morgan fingerprint density at radius 2 is 2.23 bits per heavy atom. The Kier molecular flexibility index (Phi) is 6.53. The van der Waals surface area contributed by atoms with Crippen LogP contribution < -0.4 is 0 Å². The molecule has 0 aliphatic carbocycles. The fourth-order valence-electron chi connectivity index (χ4n) is 1.21. The van der Waals surface area contributed by atoms with Crippen LogP contribution in [-0.4, -0.2) is 34.9 Å². The lowest BCUT2D eigenvalue weighted by Crippen LogP contribution is -2.24. The number of rotatable bonds is 6. The van der Waals surface area contributed by atoms with E-state index in [1.165, 1.54) is 6.08 Å². The van der Waals surface area contributed by atoms with Crippen LogP contribution in [0.5, 0.6) is 0 Å². The van der Waals surface area contributed by atoms with Crippen molar-refractivity contribution in [2.24, 2.45) is 0 Å². The Balaban J connectivity index is 3.66. The Labute approximate surface area is 81.9 Å². The molecule has 3 nitrogen and oxygen atoms in total. The van der Waals surface area contributed by atoms with Gasteiger partial charge in [0.05, 0.1) is 15.2 Å². The van der Waals surface area contributed by atoms with E-state index < -0.39 is 9.52 Å². The quantitative estimate of drug-likeness (QED) is 0.361. The highest BCUT2D eigenvalue weighted by Gasteiger charge is 2.12. The molecule has 0 spiro atoms. The molecule has 0 aliphatic rings. The van der Waals surface area contributed by atoms with Gasteiger partial charge in [0.25, 0.3) is 0 Å². The van der Waals surface area contributed by atoms with Crippen molar-refractivity contribution in [3.05, 3.63) is 12.7 Å². The van der Waals surface area contributed by atoms with Crippen molar-refractivity contribution in [3.8, 4) is 0 Å². The van der Waals surface area contributed by atoms with E-state index in [0.717, 1.165) is 6.61 Å². The molecule has 0 rings (SSSR count). The predicted molar refractivity (Wildman–Crippen MR) is 55.6 cm³/mol. The first-order chi connectivity index (χ1) is 6.10. The number of hydrogen-bond donors (Lipinski definition) is 0. The van der Waals surface area contributed by atoms with Crippen LogP contribution in [0.2, 0.25) is 5.54 Å². The third-order valence-electron chi connectivity index (χ3n) is 1.67. The Bertz CT molecular complexity index is 170. The SMILES string of the molecule is C=CC(=O)OC(C)[SiH2]C(C)COC. The molecule has 0 bridgehead atoms. The van der Waals surface area contributed by atoms with Crippen LogP contribution in [0.15, 0.2) is 12.7 Å². The largest absolute Gasteiger partial charge is 0.464 e. The van der Waals surface area contributed by atoms with Gasteiger partial charge in [-0.05, 0) is 12.5 Å². The van der Waals surface area contributed by atoms with Gasteiger partial charge in [-0.1, -0.05) is 13.5 Å². The molecule has 0 aromatic heterocycles. The molecule has 0 aromatic carbocycles. The molecule has 0 N–H and O–H groups in total. The van der Waals surface area contributed by atoms with Gasteiger partial charge in [0.2, 0.25) is 0 Å². The normalized spacial score (nSPS) is 15.6. The minimum absolute atomic E-state index is 0.0654. The van der Waals surface area contributed by atoms with Crippen LogP contribution >= 0.6 is 0 Å². The second-order valence-electron chi connectivity index (χ2n) is 3.25. The zero-order chi connectivity index (χ0) is 10.3. The van der Waals surface area contributed by atoms with Crippen LogP contribution in [0.25, 0.3) is 0 Å². The summed E-state index contributed by atoms with van der Waals surface area (Å²) in [4.78, 5) is 10.8. The van der Waals surface area contributed by atoms with Crippen LogP contribution in [0.4, 0.5) is 0 Å². The van der Waals surface area contributed by atoms with E-state index in [4.69, 9.17) is 9.47 Å². The van der Waals surface area contributed by atoms with Gasteiger partial charge in [-0.3, -0.25) is 0 Å². The summed E-state index contributed by atoms with van der Waals surface area (Å²) >= 11 is 0. The molecule has 0 radical (unpaired) electrons. The summed E-state index contributed by atoms with van der Waals surface area (Å²) in [5.74, 6) is -0.329. The van der Waals surface area contributed by atoms with Crippen LogP contribution in [0, 0.1) is 0 Å². The summed E-state index contributed by atoms with van der Waals surface area (Å²) in [6.45, 7) is 8.15. The maximum absolute atomic E-state index is 10.8. The van der Waals surface area contributed by atoms with Gasteiger partial charge < -0.3 is 9.47 Å². The summed E-state index contributed by atoms with van der Waals surface area (Å²) < 4.78 is 10.1. The van der Waals surface area contributed by atoms with E-state index in [9.17, 15) is 4.79 Å². The van der Waals surface area contributed by atoms with Gasteiger partial charge in [-0.25, -0.2) is 4.79 Å². The smallest absolute Gasteiger partial charge is 0.330 e. The van der Waals surface area contributed by atoms with Crippen molar-refractivity contribution in [1.29, 1.82) is 0 Å². The average Bonchev–Trinajstić information content (AvgIpc) is 2.04. The summed E-state index contributed by atoms with van der Waals surface area (Å²) in [5.41, 5.74) is 0.605. The van der Waals surface area contributed by atoms with E-state index in [-0.39, 0.29) is 11.7 Å². The van der Waals surface area contributed by atoms with E-state index in [1.54, 1.807) is 7.11 Å². The Morgan fingerprint density at radius 3 is 2.69 bits per heavy atom. The second kappa shape index (κ2) is 6.86. The topological polar surface area (TPSA) is 35.5 Å². The zero-order valence-electron chi connectivity index (χ0n) is 8.58. The van der Waals surface area contributed by atoms with Crippen molar-refractivity contribution in [1.82, 2.24) is 0 Å². The minimum Gasteiger partial charge on any atom is -0.464 e. The number of esters is 1. The van der Waals surface area contributed by atoms with Gasteiger partial charge >= 0.3 is 5.97 Å². The number of hydrogen-bond acceptors (Lipinski definition) is 3. The number of ether oxygens (including phenoxy) is 2. The summed E-state index contributed by atoms with van der Waals surface area (Å²) in [6.07, 6.45) is 1.20. The highest BCUT2D eigenvalue weighted by atomic mass is 28.2. The number of methoxy groups -OCH3 is 1. The van der Waals surface area contributed by atoms with E-state index in [0.29, 0.717) is 5.54 Å². The van der Waals surface area contributed by atoms with Crippen molar-refractivity contribution in [2.75, 3.05) is 13.7 Å². The van der Waals surface area contributed by atoms with Crippen molar-refractivity contribution < 1.29 is 14.3 Å². The van der Waals surface area contributed by atoms with Gasteiger partial charge in [-0.2, -0.15) is 0 Å². The maximum atomic E-state index is 10.8. The first-order valence-corrected chi connectivity index (χ1v) is 6.05. The summed E-state index contributed by atoms with van der Waals surface area (Å²) in [5, 5.41) is 0. The zero-order valence-corrected chi connectivity index (χ0v) is 9.99. The highest BCUT2D eigenvalue weighted by molar-refractivity contribution is 6.39. The van der Waals surface area contributed by atoms with Gasteiger partial charge in [0, 0.05) is 19.8 Å². The maximum Gasteiger partial charge on any atom is 0.330 e. The second-order valence-corrected chi connectivity index (χ2v) is 6.26. The summed E-state index contributed by atoms with van der Waals surface area (Å²) in [7, 11) is 1.27. The molecule has 0 saturated heterocycles. The first kappa shape index (κ1) is 12.4. The lowest BCUT2D eigenvalue weighted by atomic mass is 10.5. The third-order valence-corrected chi connectivity index (χ3v) is 3.54. The van der Waals surface area contributed by atoms with Crippen molar-refractivity contribution in [3.63, 3.8) is 0 Å². The fraction of sp³-hybridized carbons (Fsp3) is 0.667. The molecule has 0 aromatic rings. The fourth-order valence-corrected chi connectivity index (χ4v) is 2.98. The van der Waals surface area contributed by atoms with Crippen LogP contribution in [-0.2, 0) is 14.3 Å². The van der Waals surface area contributed by atoms with Crippen LogP contribution in [0.1, 0.15) is 13.8 Å². The van der Waals surface area contributed by atoms with Crippen LogP contribution in [0.3, 0.4) is 0 Å². The third kappa shape index (κ3) is 6.54. The molecule has 0 saturated carbocycles. The van der Waals surface area contributed by atoms with Gasteiger partial charge in [-0.15, -0.1) is 0 Å². The van der Waals surface area contributed by atoms with E-state index >= 15 is 0 Å². The molecule has 0 fully saturated rings. The molecule has 2 atom stereocenters. The minimum atomic E-state index is -0.419. The molecule has 76 valence electrons. The van der Waals surface area contributed by atoms with Crippen molar-refractivity contribution >= 4 is 15.5 Å². The number of carbonyl (C=O) groups excluding carboxylic acids is 1. The molecule has 13 heavy (non-hydrogen) atoms. The Hall–Kier alpha value is -0.613. The van der Waals surface area contributed by atoms with Crippen molar-refractivity contribution in [2.45, 2.75) is 25.1 Å². The van der Waals surface area contributed by atoms with Gasteiger partial charge in [0.15, 0.2) is 0 Å². The molecular weight excluding hydrogens is 184 g/mol. The molecule has 0 amide bonds. The average molecular weight is 202 g/mol. The lowest BCUT2D eigenvalue weighted by Gasteiger charge is -2.15. The highest BCUT2D eigenvalue weighted by Crippen LogP contribution is 2.05. The first-order valence-electron chi connectivity index (χ1n) is 4.42. The van der Waals surface area contributed by atoms with E-state index in [1.807, 2.05) is 6.92 Å². The Morgan fingerprint density at radius 1 is 1.62 bits per heavy atom. The molecule has 0 aliphatic heterocycles. The standard InChI is InChI=1S/C9H18O3Si/c1-5-9(10)12-8(3)13-7(2)6-11-4/h5,7-8H,1,6,13H2,2-4H3. The predicted octanol–water partition coefficient (Wildman–Crippen LogP) is 0.685. The lowest BCUT2D eigenvalue weighted by molar-refractivity contribution is -0.139. The summed E-state index contributed by atoms with van der Waals surface area (Å²) in [6, 6.07) is 0. The molecule has 2 unspecified atom stereocenters. The number of carbonyl (C=O) groups is 1. The molecule has 0 heterocycles. The monoisotopic (exact) mass is 202 g/mol. The molecule has 4 heteroatoms. The van der Waals surface area contributed by atoms with E-state index in [2.05, 4.69) is 13.5 Å². The molecular formula is C9H18O3Si. The van der Waals surface area contributed by atoms with Gasteiger partial charge in [0.1, 0.15) is 0 Å².